The van der Waals surface area contributed by atoms with Crippen molar-refractivity contribution in [3.63, 3.8) is 0 Å². The molecule has 4 nitrogen and oxygen atoms in total. The molecule has 0 spiro atoms. The Labute approximate surface area is 114 Å². The fourth-order valence-corrected chi connectivity index (χ4v) is 2.43. The van der Waals surface area contributed by atoms with E-state index in [1.807, 2.05) is 42.2 Å². The van der Waals surface area contributed by atoms with Gasteiger partial charge in [-0.3, -0.25) is 4.79 Å². The van der Waals surface area contributed by atoms with Crippen molar-refractivity contribution in [3.8, 4) is 0 Å². The van der Waals surface area contributed by atoms with Crippen LogP contribution in [0, 0.1) is 0 Å². The van der Waals surface area contributed by atoms with E-state index in [-0.39, 0.29) is 18.1 Å². The summed E-state index contributed by atoms with van der Waals surface area (Å²) in [7, 11) is 0. The minimum atomic E-state index is 0.0303. The third-order valence-corrected chi connectivity index (χ3v) is 3.47. The predicted molar refractivity (Wildman–Crippen MR) is 74.6 cm³/mol. The minimum absolute atomic E-state index is 0.0303. The predicted octanol–water partition coefficient (Wildman–Crippen LogP) is 1.71. The molecule has 0 saturated carbocycles. The van der Waals surface area contributed by atoms with E-state index in [4.69, 9.17) is 10.5 Å². The van der Waals surface area contributed by atoms with Gasteiger partial charge in [0.05, 0.1) is 18.8 Å². The van der Waals surface area contributed by atoms with Crippen molar-refractivity contribution in [2.24, 2.45) is 5.73 Å². The number of amides is 1. The van der Waals surface area contributed by atoms with E-state index in [2.05, 4.69) is 0 Å². The Morgan fingerprint density at radius 1 is 1.42 bits per heavy atom. The first-order chi connectivity index (χ1) is 9.22. The van der Waals surface area contributed by atoms with Gasteiger partial charge in [0.25, 0.3) is 0 Å². The largest absolute Gasteiger partial charge is 0.374 e. The maximum Gasteiger partial charge on any atom is 0.223 e. The van der Waals surface area contributed by atoms with Gasteiger partial charge in [-0.25, -0.2) is 0 Å². The summed E-state index contributed by atoms with van der Waals surface area (Å²) in [6, 6.07) is 10.1. The van der Waals surface area contributed by atoms with Gasteiger partial charge in [-0.1, -0.05) is 30.3 Å². The van der Waals surface area contributed by atoms with Crippen molar-refractivity contribution < 1.29 is 9.53 Å². The van der Waals surface area contributed by atoms with Crippen molar-refractivity contribution in [2.75, 3.05) is 19.7 Å². The molecule has 0 aromatic heterocycles. The van der Waals surface area contributed by atoms with Gasteiger partial charge in [0.1, 0.15) is 0 Å². The van der Waals surface area contributed by atoms with Gasteiger partial charge in [0, 0.05) is 13.0 Å². The van der Waals surface area contributed by atoms with Gasteiger partial charge in [0.15, 0.2) is 0 Å². The molecule has 1 aromatic rings. The van der Waals surface area contributed by atoms with Crippen LogP contribution in [0.15, 0.2) is 30.3 Å². The van der Waals surface area contributed by atoms with Crippen molar-refractivity contribution in [2.45, 2.75) is 31.9 Å². The van der Waals surface area contributed by atoms with E-state index < -0.39 is 0 Å². The van der Waals surface area contributed by atoms with E-state index in [0.29, 0.717) is 26.1 Å². The van der Waals surface area contributed by atoms with Crippen LogP contribution in [0.5, 0.6) is 0 Å². The maximum atomic E-state index is 12.3. The molecule has 0 aliphatic carbocycles. The first-order valence-electron chi connectivity index (χ1n) is 6.88. The van der Waals surface area contributed by atoms with Gasteiger partial charge in [-0.05, 0) is 25.5 Å². The average molecular weight is 262 g/mol. The number of nitrogens with zero attached hydrogens (tertiary/aromatic N) is 1. The van der Waals surface area contributed by atoms with Crippen LogP contribution in [-0.2, 0) is 9.53 Å². The van der Waals surface area contributed by atoms with Crippen molar-refractivity contribution in [1.82, 2.24) is 4.90 Å². The fraction of sp³-hybridized carbons (Fsp3) is 0.533. The molecule has 1 aliphatic heterocycles. The molecular weight excluding hydrogens is 240 g/mol. The number of ether oxygens (including phenoxy) is 1. The Morgan fingerprint density at radius 3 is 2.84 bits per heavy atom. The molecule has 1 amide bonds. The lowest BCUT2D eigenvalue weighted by molar-refractivity contribution is -0.144. The van der Waals surface area contributed by atoms with Gasteiger partial charge in [0.2, 0.25) is 5.91 Å². The quantitative estimate of drug-likeness (QED) is 0.898. The van der Waals surface area contributed by atoms with Crippen LogP contribution in [0.25, 0.3) is 0 Å². The number of nitrogens with two attached hydrogens (primary N) is 1. The molecule has 0 unspecified atom stereocenters. The Bertz CT molecular complexity index is 408. The lowest BCUT2D eigenvalue weighted by Gasteiger charge is -2.39. The second-order valence-corrected chi connectivity index (χ2v) is 5.01. The Balaban J connectivity index is 2.13. The molecule has 2 N–H and O–H groups in total. The average Bonchev–Trinajstić information content (AvgIpc) is 2.45. The summed E-state index contributed by atoms with van der Waals surface area (Å²) >= 11 is 0. The Hall–Kier alpha value is -1.39. The topological polar surface area (TPSA) is 55.6 Å². The van der Waals surface area contributed by atoms with Gasteiger partial charge in [-0.15, -0.1) is 0 Å². The van der Waals surface area contributed by atoms with E-state index in [1.54, 1.807) is 0 Å². The number of benzene rings is 1. The fourth-order valence-electron chi connectivity index (χ4n) is 2.43. The zero-order valence-electron chi connectivity index (χ0n) is 11.4. The molecule has 0 radical (unpaired) electrons. The van der Waals surface area contributed by atoms with Crippen LogP contribution in [0.2, 0.25) is 0 Å². The van der Waals surface area contributed by atoms with Crippen molar-refractivity contribution in [1.29, 1.82) is 0 Å². The van der Waals surface area contributed by atoms with E-state index in [9.17, 15) is 4.79 Å². The standard InChI is InChI=1S/C15H22N2O2/c1-12-10-17(15(18)8-5-9-16)14(11-19-12)13-6-3-2-4-7-13/h2-4,6-7,12,14H,5,8-11,16H2,1H3/t12-,14+/m0/s1. The zero-order chi connectivity index (χ0) is 13.7. The first kappa shape index (κ1) is 14.0. The van der Waals surface area contributed by atoms with Crippen LogP contribution < -0.4 is 5.73 Å². The van der Waals surface area contributed by atoms with Crippen LogP contribution in [0.4, 0.5) is 0 Å². The molecule has 1 aliphatic rings. The molecule has 1 aromatic carbocycles. The number of carbonyl (C=O) groups is 1. The zero-order valence-corrected chi connectivity index (χ0v) is 11.4. The lowest BCUT2D eigenvalue weighted by Crippen LogP contribution is -2.46. The SMILES string of the molecule is C[C@H]1CN(C(=O)CCCN)[C@@H](c2ccccc2)CO1. The summed E-state index contributed by atoms with van der Waals surface area (Å²) in [6.07, 6.45) is 1.36. The van der Waals surface area contributed by atoms with Crippen LogP contribution in [-0.4, -0.2) is 36.6 Å². The number of hydrogen-bond acceptors (Lipinski definition) is 3. The summed E-state index contributed by atoms with van der Waals surface area (Å²) in [5.74, 6) is 0.175. The molecule has 0 bridgehead atoms. The summed E-state index contributed by atoms with van der Waals surface area (Å²) in [5.41, 5.74) is 6.62. The van der Waals surface area contributed by atoms with Crippen LogP contribution in [0.1, 0.15) is 31.4 Å². The van der Waals surface area contributed by atoms with Crippen LogP contribution >= 0.6 is 0 Å². The second kappa shape index (κ2) is 6.68. The molecule has 2 rings (SSSR count). The molecule has 104 valence electrons. The molecule has 4 heteroatoms. The van der Waals surface area contributed by atoms with Gasteiger partial charge in [-0.2, -0.15) is 0 Å². The molecule has 19 heavy (non-hydrogen) atoms. The third-order valence-electron chi connectivity index (χ3n) is 3.47. The monoisotopic (exact) mass is 262 g/mol. The molecule has 1 saturated heterocycles. The smallest absolute Gasteiger partial charge is 0.223 e. The second-order valence-electron chi connectivity index (χ2n) is 5.01. The summed E-state index contributed by atoms with van der Waals surface area (Å²) in [6.45, 7) is 3.79. The number of morpholine rings is 1. The number of hydrogen-bond donors (Lipinski definition) is 1. The minimum Gasteiger partial charge on any atom is -0.374 e. The highest BCUT2D eigenvalue weighted by atomic mass is 16.5. The Morgan fingerprint density at radius 2 is 2.16 bits per heavy atom. The number of carbonyl (C=O) groups excluding carboxylic acids is 1. The third kappa shape index (κ3) is 3.55. The highest BCUT2D eigenvalue weighted by Crippen LogP contribution is 2.26. The summed E-state index contributed by atoms with van der Waals surface area (Å²) < 4.78 is 5.71. The summed E-state index contributed by atoms with van der Waals surface area (Å²) in [4.78, 5) is 14.2. The van der Waals surface area contributed by atoms with Gasteiger partial charge >= 0.3 is 0 Å². The number of rotatable bonds is 4. The van der Waals surface area contributed by atoms with E-state index >= 15 is 0 Å². The van der Waals surface area contributed by atoms with Crippen molar-refractivity contribution in [3.05, 3.63) is 35.9 Å². The highest BCUT2D eigenvalue weighted by molar-refractivity contribution is 5.77. The highest BCUT2D eigenvalue weighted by Gasteiger charge is 2.30. The lowest BCUT2D eigenvalue weighted by atomic mass is 10.0. The molecule has 1 heterocycles. The Kier molecular flexibility index (Phi) is 4.93. The first-order valence-corrected chi connectivity index (χ1v) is 6.88. The van der Waals surface area contributed by atoms with Crippen LogP contribution in [0.3, 0.4) is 0 Å². The molecular formula is C15H22N2O2. The summed E-state index contributed by atoms with van der Waals surface area (Å²) in [5, 5.41) is 0. The molecule has 2 atom stereocenters. The van der Waals surface area contributed by atoms with Gasteiger partial charge < -0.3 is 15.4 Å². The van der Waals surface area contributed by atoms with Crippen molar-refractivity contribution >= 4 is 5.91 Å². The van der Waals surface area contributed by atoms with E-state index in [1.165, 1.54) is 0 Å². The molecule has 1 fully saturated rings. The normalized spacial score (nSPS) is 23.4. The van der Waals surface area contributed by atoms with E-state index in [0.717, 1.165) is 12.0 Å². The maximum absolute atomic E-state index is 12.3.